The van der Waals surface area contributed by atoms with Crippen molar-refractivity contribution in [2.75, 3.05) is 0 Å². The van der Waals surface area contributed by atoms with Crippen LogP contribution in [0.5, 0.6) is 0 Å². The number of rotatable bonds is 4. The molecular weight excluding hydrogens is 269 g/mol. The molecule has 18 heavy (non-hydrogen) atoms. The Morgan fingerprint density at radius 3 is 2.78 bits per heavy atom. The van der Waals surface area contributed by atoms with Crippen LogP contribution in [0.3, 0.4) is 0 Å². The van der Waals surface area contributed by atoms with E-state index in [1.807, 2.05) is 24.3 Å². The molecule has 0 aliphatic carbocycles. The molecule has 4 heteroatoms. The predicted octanol–water partition coefficient (Wildman–Crippen LogP) is 4.23. The van der Waals surface area contributed by atoms with Gasteiger partial charge in [0.15, 0.2) is 0 Å². The van der Waals surface area contributed by atoms with Crippen LogP contribution in [0.15, 0.2) is 47.4 Å². The highest BCUT2D eigenvalue weighted by Crippen LogP contribution is 2.26. The summed E-state index contributed by atoms with van der Waals surface area (Å²) in [5, 5.41) is 0.558. The molecule has 0 heterocycles. The third kappa shape index (κ3) is 3.48. The number of thioether (sulfide) groups is 1. The lowest BCUT2D eigenvalue weighted by atomic mass is 10.2. The number of benzene rings is 2. The molecule has 0 amide bonds. The summed E-state index contributed by atoms with van der Waals surface area (Å²) in [6, 6.07) is 12.6. The van der Waals surface area contributed by atoms with Gasteiger partial charge in [0.2, 0.25) is 0 Å². The number of hydrogen-bond donors (Lipinski definition) is 1. The fraction of sp³-hybridized carbons (Fsp3) is 0.143. The lowest BCUT2D eigenvalue weighted by Gasteiger charge is -2.05. The molecule has 0 fully saturated rings. The van der Waals surface area contributed by atoms with E-state index in [2.05, 4.69) is 0 Å². The van der Waals surface area contributed by atoms with E-state index in [4.69, 9.17) is 17.3 Å². The molecule has 0 radical (unpaired) electrons. The predicted molar refractivity (Wildman–Crippen MR) is 75.3 cm³/mol. The molecule has 94 valence electrons. The monoisotopic (exact) mass is 281 g/mol. The van der Waals surface area contributed by atoms with Gasteiger partial charge < -0.3 is 5.73 Å². The number of hydrogen-bond acceptors (Lipinski definition) is 2. The van der Waals surface area contributed by atoms with E-state index in [1.54, 1.807) is 23.9 Å². The molecule has 0 aliphatic heterocycles. The average molecular weight is 282 g/mol. The highest BCUT2D eigenvalue weighted by atomic mass is 35.5. The van der Waals surface area contributed by atoms with Gasteiger partial charge in [0.1, 0.15) is 5.82 Å². The zero-order valence-electron chi connectivity index (χ0n) is 9.70. The van der Waals surface area contributed by atoms with E-state index in [9.17, 15) is 4.39 Å². The molecule has 2 aromatic carbocycles. The maximum Gasteiger partial charge on any atom is 0.127 e. The van der Waals surface area contributed by atoms with E-state index in [0.29, 0.717) is 22.9 Å². The van der Waals surface area contributed by atoms with Crippen molar-refractivity contribution < 1.29 is 4.39 Å². The molecule has 0 aliphatic rings. The van der Waals surface area contributed by atoms with Crippen LogP contribution in [-0.4, -0.2) is 0 Å². The van der Waals surface area contributed by atoms with Crippen molar-refractivity contribution in [3.8, 4) is 0 Å². The van der Waals surface area contributed by atoms with E-state index >= 15 is 0 Å². The summed E-state index contributed by atoms with van der Waals surface area (Å²) in [5.41, 5.74) is 7.28. The van der Waals surface area contributed by atoms with Gasteiger partial charge in [-0.25, -0.2) is 4.39 Å². The SMILES string of the molecule is NCc1cccc(SCc2cc(Cl)ccc2F)c1. The summed E-state index contributed by atoms with van der Waals surface area (Å²) in [6.45, 7) is 0.514. The Balaban J connectivity index is 2.08. The van der Waals surface area contributed by atoms with E-state index in [1.165, 1.54) is 6.07 Å². The van der Waals surface area contributed by atoms with Gasteiger partial charge in [-0.3, -0.25) is 0 Å². The second kappa shape index (κ2) is 6.23. The van der Waals surface area contributed by atoms with Crippen LogP contribution < -0.4 is 5.73 Å². The van der Waals surface area contributed by atoms with Crippen molar-refractivity contribution in [3.05, 3.63) is 64.4 Å². The van der Waals surface area contributed by atoms with Crippen molar-refractivity contribution in [3.63, 3.8) is 0 Å². The van der Waals surface area contributed by atoms with Gasteiger partial charge >= 0.3 is 0 Å². The Morgan fingerprint density at radius 1 is 1.17 bits per heavy atom. The summed E-state index contributed by atoms with van der Waals surface area (Å²) in [5.74, 6) is 0.335. The molecule has 0 bridgehead atoms. The minimum Gasteiger partial charge on any atom is -0.326 e. The molecule has 2 N–H and O–H groups in total. The Kier molecular flexibility index (Phi) is 4.64. The summed E-state index contributed by atoms with van der Waals surface area (Å²) in [7, 11) is 0. The van der Waals surface area contributed by atoms with Crippen LogP contribution in [0.4, 0.5) is 4.39 Å². The highest BCUT2D eigenvalue weighted by Gasteiger charge is 2.04. The smallest absolute Gasteiger partial charge is 0.127 e. The van der Waals surface area contributed by atoms with E-state index in [0.717, 1.165) is 10.5 Å². The van der Waals surface area contributed by atoms with Crippen molar-refractivity contribution in [1.82, 2.24) is 0 Å². The average Bonchev–Trinajstić information content (AvgIpc) is 2.40. The standard InChI is InChI=1S/C14H13ClFNS/c15-12-4-5-14(16)11(7-12)9-18-13-3-1-2-10(6-13)8-17/h1-7H,8-9,17H2. The van der Waals surface area contributed by atoms with Gasteiger partial charge in [-0.2, -0.15) is 0 Å². The van der Waals surface area contributed by atoms with Gasteiger partial charge in [-0.05, 0) is 41.5 Å². The number of nitrogens with two attached hydrogens (primary N) is 1. The van der Waals surface area contributed by atoms with Crippen molar-refractivity contribution >= 4 is 23.4 Å². The maximum absolute atomic E-state index is 13.5. The van der Waals surface area contributed by atoms with Gasteiger partial charge in [0.25, 0.3) is 0 Å². The molecule has 2 aromatic rings. The normalized spacial score (nSPS) is 10.6. The lowest BCUT2D eigenvalue weighted by Crippen LogP contribution is -1.95. The summed E-state index contributed by atoms with van der Waals surface area (Å²) < 4.78 is 13.5. The summed E-state index contributed by atoms with van der Waals surface area (Å²) in [4.78, 5) is 1.08. The highest BCUT2D eigenvalue weighted by molar-refractivity contribution is 7.98. The van der Waals surface area contributed by atoms with Gasteiger partial charge in [0, 0.05) is 22.2 Å². The van der Waals surface area contributed by atoms with Gasteiger partial charge in [-0.1, -0.05) is 23.7 Å². The zero-order valence-corrected chi connectivity index (χ0v) is 11.3. The molecule has 0 aromatic heterocycles. The largest absolute Gasteiger partial charge is 0.326 e. The minimum absolute atomic E-state index is 0.220. The van der Waals surface area contributed by atoms with Crippen LogP contribution in [0.1, 0.15) is 11.1 Å². The second-order valence-electron chi connectivity index (χ2n) is 3.88. The maximum atomic E-state index is 13.5. The van der Waals surface area contributed by atoms with E-state index in [-0.39, 0.29) is 5.82 Å². The molecule has 0 unspecified atom stereocenters. The lowest BCUT2D eigenvalue weighted by molar-refractivity contribution is 0.617. The van der Waals surface area contributed by atoms with Crippen LogP contribution in [0.2, 0.25) is 5.02 Å². The van der Waals surface area contributed by atoms with Crippen molar-refractivity contribution in [2.24, 2.45) is 5.73 Å². The van der Waals surface area contributed by atoms with Crippen LogP contribution in [0, 0.1) is 5.82 Å². The first-order valence-corrected chi connectivity index (χ1v) is 6.91. The van der Waals surface area contributed by atoms with Crippen LogP contribution in [0.25, 0.3) is 0 Å². The Labute approximate surface area is 115 Å². The first-order valence-electron chi connectivity index (χ1n) is 5.55. The third-order valence-corrected chi connectivity index (χ3v) is 3.81. The molecule has 0 saturated carbocycles. The van der Waals surface area contributed by atoms with Gasteiger partial charge in [0.05, 0.1) is 0 Å². The molecule has 0 saturated heterocycles. The first kappa shape index (κ1) is 13.4. The molecule has 2 rings (SSSR count). The fourth-order valence-corrected chi connectivity index (χ4v) is 2.72. The summed E-state index contributed by atoms with van der Waals surface area (Å²) >= 11 is 7.43. The van der Waals surface area contributed by atoms with Crippen molar-refractivity contribution in [1.29, 1.82) is 0 Å². The first-order chi connectivity index (χ1) is 8.69. The topological polar surface area (TPSA) is 26.0 Å². The van der Waals surface area contributed by atoms with Gasteiger partial charge in [-0.15, -0.1) is 11.8 Å². The molecule has 0 spiro atoms. The van der Waals surface area contributed by atoms with Crippen molar-refractivity contribution in [2.45, 2.75) is 17.2 Å². The van der Waals surface area contributed by atoms with Crippen LogP contribution in [-0.2, 0) is 12.3 Å². The van der Waals surface area contributed by atoms with E-state index < -0.39 is 0 Å². The summed E-state index contributed by atoms with van der Waals surface area (Å²) in [6.07, 6.45) is 0. The third-order valence-electron chi connectivity index (χ3n) is 2.54. The fourth-order valence-electron chi connectivity index (χ4n) is 1.58. The molecule has 0 atom stereocenters. The zero-order chi connectivity index (χ0) is 13.0. The molecular formula is C14H13ClFNS. The Morgan fingerprint density at radius 2 is 2.00 bits per heavy atom. The second-order valence-corrected chi connectivity index (χ2v) is 5.36. The minimum atomic E-state index is -0.220. The number of halogens is 2. The van der Waals surface area contributed by atoms with Crippen LogP contribution >= 0.6 is 23.4 Å². The Bertz CT molecular complexity index is 545. The quantitative estimate of drug-likeness (QED) is 0.849. The molecule has 1 nitrogen and oxygen atoms in total. The Hall–Kier alpha value is -1.03.